The maximum atomic E-state index is 9.15. The number of benzene rings is 2. The van der Waals surface area contributed by atoms with Crippen LogP contribution in [0.25, 0.3) is 0 Å². The molecule has 3 rings (SSSR count). The van der Waals surface area contributed by atoms with Crippen LogP contribution in [0.1, 0.15) is 16.7 Å². The molecule has 0 radical (unpaired) electrons. The van der Waals surface area contributed by atoms with Crippen LogP contribution in [0.4, 0.5) is 17.5 Å². The molecule has 2 aromatic carbocycles. The fraction of sp³-hybridized carbons (Fsp3) is 0.105. The van der Waals surface area contributed by atoms with Crippen LogP contribution in [-0.2, 0) is 6.54 Å². The maximum Gasteiger partial charge on any atom is 0.224 e. The summed E-state index contributed by atoms with van der Waals surface area (Å²) in [6, 6.07) is 19.4. The number of para-hydroxylation sites is 1. The maximum absolute atomic E-state index is 9.15. The zero-order valence-electron chi connectivity index (χ0n) is 13.3. The van der Waals surface area contributed by atoms with Gasteiger partial charge in [-0.3, -0.25) is 0 Å². The molecule has 0 atom stereocenters. The summed E-state index contributed by atoms with van der Waals surface area (Å²) >= 11 is 0. The SMILES string of the molecule is Cc1ccccc1CNc1nccc(Nc2ccccc2C#N)n1. The van der Waals surface area contributed by atoms with Crippen LogP contribution in [0.15, 0.2) is 60.8 Å². The van der Waals surface area contributed by atoms with Crippen LogP contribution in [0, 0.1) is 18.3 Å². The number of rotatable bonds is 5. The molecule has 1 aromatic heterocycles. The number of nitriles is 1. The fourth-order valence-corrected chi connectivity index (χ4v) is 2.32. The van der Waals surface area contributed by atoms with E-state index in [4.69, 9.17) is 5.26 Å². The predicted octanol–water partition coefficient (Wildman–Crippen LogP) is 4.01. The van der Waals surface area contributed by atoms with Gasteiger partial charge in [0.25, 0.3) is 0 Å². The van der Waals surface area contributed by atoms with E-state index in [0.717, 1.165) is 5.69 Å². The summed E-state index contributed by atoms with van der Waals surface area (Å²) in [5.74, 6) is 1.18. The number of hydrogen-bond acceptors (Lipinski definition) is 5. The van der Waals surface area contributed by atoms with Crippen molar-refractivity contribution in [3.63, 3.8) is 0 Å². The lowest BCUT2D eigenvalue weighted by atomic mass is 10.1. The Balaban J connectivity index is 1.73. The van der Waals surface area contributed by atoms with Gasteiger partial charge >= 0.3 is 0 Å². The lowest BCUT2D eigenvalue weighted by Gasteiger charge is -2.10. The van der Waals surface area contributed by atoms with Crippen molar-refractivity contribution in [3.05, 3.63) is 77.5 Å². The molecular weight excluding hydrogens is 298 g/mol. The van der Waals surface area contributed by atoms with E-state index in [1.54, 1.807) is 18.3 Å². The molecular formula is C19H17N5. The van der Waals surface area contributed by atoms with Crippen LogP contribution >= 0.6 is 0 Å². The molecule has 2 N–H and O–H groups in total. The molecule has 0 aliphatic carbocycles. The Kier molecular flexibility index (Phi) is 4.68. The van der Waals surface area contributed by atoms with Crippen LogP contribution in [0.2, 0.25) is 0 Å². The van der Waals surface area contributed by atoms with Crippen molar-refractivity contribution in [2.45, 2.75) is 13.5 Å². The molecule has 24 heavy (non-hydrogen) atoms. The third kappa shape index (κ3) is 3.68. The second-order valence-electron chi connectivity index (χ2n) is 5.33. The van der Waals surface area contributed by atoms with E-state index in [2.05, 4.69) is 45.7 Å². The average Bonchev–Trinajstić information content (AvgIpc) is 2.62. The van der Waals surface area contributed by atoms with E-state index in [-0.39, 0.29) is 0 Å². The quantitative estimate of drug-likeness (QED) is 0.744. The highest BCUT2D eigenvalue weighted by molar-refractivity contribution is 5.64. The third-order valence-electron chi connectivity index (χ3n) is 3.66. The van der Waals surface area contributed by atoms with E-state index in [9.17, 15) is 0 Å². The molecule has 118 valence electrons. The van der Waals surface area contributed by atoms with E-state index < -0.39 is 0 Å². The molecule has 5 heteroatoms. The first kappa shape index (κ1) is 15.5. The molecule has 0 spiro atoms. The highest BCUT2D eigenvalue weighted by Gasteiger charge is 2.04. The first-order valence-corrected chi connectivity index (χ1v) is 7.64. The first-order valence-electron chi connectivity index (χ1n) is 7.64. The normalized spacial score (nSPS) is 10.0. The summed E-state index contributed by atoms with van der Waals surface area (Å²) in [6.45, 7) is 2.74. The smallest absolute Gasteiger partial charge is 0.224 e. The summed E-state index contributed by atoms with van der Waals surface area (Å²) < 4.78 is 0. The summed E-state index contributed by atoms with van der Waals surface area (Å²) in [7, 11) is 0. The van der Waals surface area contributed by atoms with E-state index in [1.165, 1.54) is 11.1 Å². The monoisotopic (exact) mass is 315 g/mol. The van der Waals surface area contributed by atoms with Crippen molar-refractivity contribution in [2.75, 3.05) is 10.6 Å². The molecule has 0 aliphatic heterocycles. The number of aromatic nitrogens is 2. The second kappa shape index (κ2) is 7.25. The molecule has 0 aliphatic rings. The fourth-order valence-electron chi connectivity index (χ4n) is 2.32. The van der Waals surface area contributed by atoms with Gasteiger partial charge < -0.3 is 10.6 Å². The van der Waals surface area contributed by atoms with Crippen molar-refractivity contribution in [1.82, 2.24) is 9.97 Å². The lowest BCUT2D eigenvalue weighted by Crippen LogP contribution is -2.06. The van der Waals surface area contributed by atoms with Crippen molar-refractivity contribution in [3.8, 4) is 6.07 Å². The molecule has 5 nitrogen and oxygen atoms in total. The summed E-state index contributed by atoms with van der Waals surface area (Å²) in [5.41, 5.74) is 3.73. The Morgan fingerprint density at radius 2 is 1.83 bits per heavy atom. The molecule has 0 unspecified atom stereocenters. The minimum absolute atomic E-state index is 0.540. The molecule has 0 saturated carbocycles. The Morgan fingerprint density at radius 1 is 1.04 bits per heavy atom. The van der Waals surface area contributed by atoms with Crippen molar-refractivity contribution in [1.29, 1.82) is 5.26 Å². The summed E-state index contributed by atoms with van der Waals surface area (Å²) in [5, 5.41) is 15.5. The van der Waals surface area contributed by atoms with Gasteiger partial charge in [-0.05, 0) is 36.2 Å². The van der Waals surface area contributed by atoms with Crippen LogP contribution in [-0.4, -0.2) is 9.97 Å². The zero-order valence-corrected chi connectivity index (χ0v) is 13.3. The predicted molar refractivity (Wildman–Crippen MR) is 95.0 cm³/mol. The van der Waals surface area contributed by atoms with Gasteiger partial charge in [-0.25, -0.2) is 4.98 Å². The van der Waals surface area contributed by atoms with Gasteiger partial charge in [0.05, 0.1) is 11.3 Å². The second-order valence-corrected chi connectivity index (χ2v) is 5.33. The van der Waals surface area contributed by atoms with Crippen molar-refractivity contribution < 1.29 is 0 Å². The zero-order chi connectivity index (χ0) is 16.8. The summed E-state index contributed by atoms with van der Waals surface area (Å²) in [6.07, 6.45) is 1.69. The van der Waals surface area contributed by atoms with E-state index in [0.29, 0.717) is 23.9 Å². The molecule has 3 aromatic rings. The Labute approximate surface area is 141 Å². The van der Waals surface area contributed by atoms with Crippen LogP contribution in [0.3, 0.4) is 0 Å². The van der Waals surface area contributed by atoms with E-state index >= 15 is 0 Å². The van der Waals surface area contributed by atoms with Gasteiger partial charge in [0.2, 0.25) is 5.95 Å². The largest absolute Gasteiger partial charge is 0.350 e. The van der Waals surface area contributed by atoms with Crippen molar-refractivity contribution >= 4 is 17.5 Å². The Bertz CT molecular complexity index is 883. The standard InChI is InChI=1S/C19H17N5/c1-14-6-2-3-8-16(14)13-22-19-21-11-10-18(24-19)23-17-9-5-4-7-15(17)12-20/h2-11H,13H2,1H3,(H2,21,22,23,24). The summed E-state index contributed by atoms with van der Waals surface area (Å²) in [4.78, 5) is 8.69. The number of aryl methyl sites for hydroxylation is 1. The molecule has 0 bridgehead atoms. The highest BCUT2D eigenvalue weighted by Crippen LogP contribution is 2.19. The van der Waals surface area contributed by atoms with Gasteiger partial charge in [0, 0.05) is 12.7 Å². The molecule has 0 fully saturated rings. The molecule has 1 heterocycles. The molecule has 0 saturated heterocycles. The lowest BCUT2D eigenvalue weighted by molar-refractivity contribution is 1.04. The number of hydrogen-bond donors (Lipinski definition) is 2. The van der Waals surface area contributed by atoms with E-state index in [1.807, 2.05) is 30.3 Å². The van der Waals surface area contributed by atoms with Gasteiger partial charge in [-0.1, -0.05) is 36.4 Å². The van der Waals surface area contributed by atoms with Crippen LogP contribution < -0.4 is 10.6 Å². The van der Waals surface area contributed by atoms with Gasteiger partial charge in [-0.2, -0.15) is 10.2 Å². The highest BCUT2D eigenvalue weighted by atomic mass is 15.1. The minimum Gasteiger partial charge on any atom is -0.350 e. The van der Waals surface area contributed by atoms with Gasteiger partial charge in [0.15, 0.2) is 0 Å². The van der Waals surface area contributed by atoms with Crippen LogP contribution in [0.5, 0.6) is 0 Å². The average molecular weight is 315 g/mol. The minimum atomic E-state index is 0.540. The third-order valence-corrected chi connectivity index (χ3v) is 3.66. The first-order chi connectivity index (χ1) is 11.8. The number of nitrogens with one attached hydrogen (secondary N) is 2. The Morgan fingerprint density at radius 3 is 2.67 bits per heavy atom. The molecule has 0 amide bonds. The van der Waals surface area contributed by atoms with Gasteiger partial charge in [0.1, 0.15) is 11.9 Å². The van der Waals surface area contributed by atoms with Crippen molar-refractivity contribution in [2.24, 2.45) is 0 Å². The topological polar surface area (TPSA) is 73.6 Å². The Hall–Kier alpha value is -3.39. The number of nitrogens with zero attached hydrogens (tertiary/aromatic N) is 3. The van der Waals surface area contributed by atoms with Gasteiger partial charge in [-0.15, -0.1) is 0 Å². The number of anilines is 3.